The lowest BCUT2D eigenvalue weighted by molar-refractivity contribution is 0.466. The maximum Gasteiger partial charge on any atom is 0.0453 e. The van der Waals surface area contributed by atoms with Crippen LogP contribution < -0.4 is 11.3 Å². The lowest BCUT2D eigenvalue weighted by Crippen LogP contribution is -2.37. The van der Waals surface area contributed by atoms with Gasteiger partial charge in [0, 0.05) is 16.1 Å². The van der Waals surface area contributed by atoms with Crippen molar-refractivity contribution in [2.75, 3.05) is 0 Å². The Morgan fingerprint density at radius 3 is 2.69 bits per heavy atom. The van der Waals surface area contributed by atoms with Gasteiger partial charge in [-0.1, -0.05) is 42.1 Å². The zero-order valence-corrected chi connectivity index (χ0v) is 10.6. The Balaban J connectivity index is 1.99. The molecule has 1 fully saturated rings. The quantitative estimate of drug-likeness (QED) is 0.629. The predicted octanol–water partition coefficient (Wildman–Crippen LogP) is 3.17. The minimum Gasteiger partial charge on any atom is -0.271 e. The van der Waals surface area contributed by atoms with Gasteiger partial charge in [-0.2, -0.15) is 0 Å². The second-order valence-corrected chi connectivity index (χ2v) is 5.33. The molecule has 3 N–H and O–H groups in total. The Morgan fingerprint density at radius 1 is 1.38 bits per heavy atom. The molecule has 0 radical (unpaired) electrons. The highest BCUT2D eigenvalue weighted by Gasteiger charge is 2.25. The van der Waals surface area contributed by atoms with E-state index in [0.29, 0.717) is 11.1 Å². The largest absolute Gasteiger partial charge is 0.271 e. The summed E-state index contributed by atoms with van der Waals surface area (Å²) in [6.45, 7) is 0. The van der Waals surface area contributed by atoms with Crippen LogP contribution in [0.15, 0.2) is 18.2 Å². The summed E-state index contributed by atoms with van der Waals surface area (Å²) in [7, 11) is 0. The van der Waals surface area contributed by atoms with Crippen LogP contribution in [0.4, 0.5) is 0 Å². The highest BCUT2D eigenvalue weighted by Crippen LogP contribution is 2.34. The van der Waals surface area contributed by atoms with Crippen molar-refractivity contribution < 1.29 is 0 Å². The highest BCUT2D eigenvalue weighted by molar-refractivity contribution is 6.35. The van der Waals surface area contributed by atoms with E-state index in [9.17, 15) is 0 Å². The Kier molecular flexibility index (Phi) is 4.09. The fourth-order valence-corrected chi connectivity index (χ4v) is 2.40. The molecule has 16 heavy (non-hydrogen) atoms. The average molecular weight is 259 g/mol. The summed E-state index contributed by atoms with van der Waals surface area (Å²) in [5.74, 6) is 6.41. The van der Waals surface area contributed by atoms with Crippen LogP contribution >= 0.6 is 23.2 Å². The lowest BCUT2D eigenvalue weighted by atomic mass is 10.0. The first kappa shape index (κ1) is 12.2. The van der Waals surface area contributed by atoms with Crippen molar-refractivity contribution in [3.63, 3.8) is 0 Å². The van der Waals surface area contributed by atoms with Crippen molar-refractivity contribution in [3.05, 3.63) is 33.8 Å². The van der Waals surface area contributed by atoms with Crippen molar-refractivity contribution in [3.8, 4) is 0 Å². The summed E-state index contributed by atoms with van der Waals surface area (Å²) in [6.07, 6.45) is 4.68. The van der Waals surface area contributed by atoms with Crippen LogP contribution in [0.1, 0.15) is 24.8 Å². The molecule has 1 saturated carbocycles. The van der Waals surface area contributed by atoms with E-state index >= 15 is 0 Å². The Hall–Kier alpha value is -0.280. The third-order valence-electron chi connectivity index (χ3n) is 3.03. The van der Waals surface area contributed by atoms with E-state index in [0.717, 1.165) is 29.3 Å². The van der Waals surface area contributed by atoms with Gasteiger partial charge in [-0.05, 0) is 36.5 Å². The number of hydrogen-bond acceptors (Lipinski definition) is 2. The van der Waals surface area contributed by atoms with Crippen LogP contribution in [0.25, 0.3) is 0 Å². The van der Waals surface area contributed by atoms with Crippen LogP contribution in [0, 0.1) is 5.92 Å². The number of hydrogen-bond donors (Lipinski definition) is 2. The molecule has 1 aromatic rings. The fourth-order valence-electron chi connectivity index (χ4n) is 1.92. The van der Waals surface area contributed by atoms with Crippen LogP contribution in [0.2, 0.25) is 10.0 Å². The lowest BCUT2D eigenvalue weighted by Gasteiger charge is -2.16. The van der Waals surface area contributed by atoms with E-state index in [1.807, 2.05) is 12.1 Å². The van der Waals surface area contributed by atoms with Crippen LogP contribution in [0.5, 0.6) is 0 Å². The molecule has 0 aromatic heterocycles. The number of halogens is 2. The van der Waals surface area contributed by atoms with E-state index in [1.54, 1.807) is 6.07 Å². The monoisotopic (exact) mass is 258 g/mol. The van der Waals surface area contributed by atoms with Gasteiger partial charge in [-0.15, -0.1) is 0 Å². The van der Waals surface area contributed by atoms with Gasteiger partial charge in [0.1, 0.15) is 0 Å². The van der Waals surface area contributed by atoms with E-state index in [-0.39, 0.29) is 0 Å². The fraction of sp³-hybridized carbons (Fsp3) is 0.500. The van der Waals surface area contributed by atoms with Crippen molar-refractivity contribution in [2.24, 2.45) is 11.8 Å². The van der Waals surface area contributed by atoms with E-state index in [4.69, 9.17) is 29.0 Å². The highest BCUT2D eigenvalue weighted by atomic mass is 35.5. The minimum atomic E-state index is 0.311. The Labute approximate surface area is 106 Å². The zero-order chi connectivity index (χ0) is 11.5. The van der Waals surface area contributed by atoms with E-state index in [1.165, 1.54) is 12.8 Å². The summed E-state index contributed by atoms with van der Waals surface area (Å²) < 4.78 is 0. The maximum atomic E-state index is 6.13. The summed E-state index contributed by atoms with van der Waals surface area (Å²) in [6, 6.07) is 5.93. The second-order valence-electron chi connectivity index (χ2n) is 4.48. The van der Waals surface area contributed by atoms with Crippen molar-refractivity contribution >= 4 is 23.2 Å². The molecule has 0 spiro atoms. The molecule has 0 bridgehead atoms. The first-order valence-electron chi connectivity index (χ1n) is 5.59. The molecule has 1 aromatic carbocycles. The number of nitrogens with one attached hydrogen (secondary N) is 1. The van der Waals surface area contributed by atoms with Gasteiger partial charge >= 0.3 is 0 Å². The van der Waals surface area contributed by atoms with Crippen LogP contribution in [-0.4, -0.2) is 6.04 Å². The Bertz CT molecular complexity index is 364. The molecular weight excluding hydrogens is 243 g/mol. The van der Waals surface area contributed by atoms with Gasteiger partial charge in [0.25, 0.3) is 0 Å². The van der Waals surface area contributed by atoms with Crippen LogP contribution in [-0.2, 0) is 6.42 Å². The first-order valence-corrected chi connectivity index (χ1v) is 6.34. The van der Waals surface area contributed by atoms with Gasteiger partial charge in [0.05, 0.1) is 0 Å². The second kappa shape index (κ2) is 5.37. The molecule has 0 amide bonds. The molecule has 4 heteroatoms. The molecule has 1 atom stereocenters. The van der Waals surface area contributed by atoms with Gasteiger partial charge in [-0.3, -0.25) is 11.3 Å². The molecule has 88 valence electrons. The SMILES string of the molecule is NNC(Cc1ccc(Cl)cc1Cl)CC1CC1. The van der Waals surface area contributed by atoms with Gasteiger partial charge < -0.3 is 0 Å². The number of rotatable bonds is 5. The number of nitrogens with two attached hydrogens (primary N) is 1. The number of benzene rings is 1. The smallest absolute Gasteiger partial charge is 0.0453 e. The van der Waals surface area contributed by atoms with E-state index in [2.05, 4.69) is 5.43 Å². The standard InChI is InChI=1S/C12H16Cl2N2/c13-10-4-3-9(12(14)7-10)6-11(16-15)5-8-1-2-8/h3-4,7-8,11,16H,1-2,5-6,15H2. The summed E-state index contributed by atoms with van der Waals surface area (Å²) in [4.78, 5) is 0. The molecule has 2 rings (SSSR count). The maximum absolute atomic E-state index is 6.13. The summed E-state index contributed by atoms with van der Waals surface area (Å²) >= 11 is 12.0. The van der Waals surface area contributed by atoms with Crippen molar-refractivity contribution in [1.29, 1.82) is 0 Å². The molecule has 1 unspecified atom stereocenters. The molecule has 0 aliphatic heterocycles. The molecule has 2 nitrogen and oxygen atoms in total. The third-order valence-corrected chi connectivity index (χ3v) is 3.62. The number of hydrazine groups is 1. The molecule has 0 heterocycles. The normalized spacial score (nSPS) is 17.4. The van der Waals surface area contributed by atoms with Crippen LogP contribution in [0.3, 0.4) is 0 Å². The third kappa shape index (κ3) is 3.36. The van der Waals surface area contributed by atoms with Gasteiger partial charge in [0.15, 0.2) is 0 Å². The predicted molar refractivity (Wildman–Crippen MR) is 68.6 cm³/mol. The molecule has 0 saturated heterocycles. The average Bonchev–Trinajstić information content (AvgIpc) is 3.04. The topological polar surface area (TPSA) is 38.0 Å². The minimum absolute atomic E-state index is 0.311. The van der Waals surface area contributed by atoms with E-state index < -0.39 is 0 Å². The van der Waals surface area contributed by atoms with Gasteiger partial charge in [0.2, 0.25) is 0 Å². The molecular formula is C12H16Cl2N2. The zero-order valence-electron chi connectivity index (χ0n) is 9.05. The van der Waals surface area contributed by atoms with Crippen molar-refractivity contribution in [2.45, 2.75) is 31.7 Å². The molecule has 1 aliphatic rings. The summed E-state index contributed by atoms with van der Waals surface area (Å²) in [5.41, 5.74) is 3.98. The molecule has 1 aliphatic carbocycles. The first-order chi connectivity index (χ1) is 7.69. The van der Waals surface area contributed by atoms with Crippen molar-refractivity contribution in [1.82, 2.24) is 5.43 Å². The Morgan fingerprint density at radius 2 is 2.12 bits per heavy atom. The van der Waals surface area contributed by atoms with Gasteiger partial charge in [-0.25, -0.2) is 0 Å². The summed E-state index contributed by atoms with van der Waals surface area (Å²) in [5, 5.41) is 1.40.